The predicted octanol–water partition coefficient (Wildman–Crippen LogP) is 1.23. The van der Waals surface area contributed by atoms with Gasteiger partial charge in [-0.1, -0.05) is 50.1 Å². The summed E-state index contributed by atoms with van der Waals surface area (Å²) in [6.07, 6.45) is 3.65. The van der Waals surface area contributed by atoms with Gasteiger partial charge in [-0.15, -0.1) is 0 Å². The van der Waals surface area contributed by atoms with Crippen molar-refractivity contribution in [3.63, 3.8) is 0 Å². The van der Waals surface area contributed by atoms with Crippen molar-refractivity contribution in [3.05, 3.63) is 35.9 Å². The van der Waals surface area contributed by atoms with Crippen LogP contribution in [0.5, 0.6) is 0 Å². The van der Waals surface area contributed by atoms with Crippen molar-refractivity contribution in [2.24, 2.45) is 23.5 Å². The Hall–Kier alpha value is -2.54. The van der Waals surface area contributed by atoms with E-state index in [4.69, 9.17) is 5.73 Å². The van der Waals surface area contributed by atoms with Gasteiger partial charge in [-0.3, -0.25) is 24.5 Å². The van der Waals surface area contributed by atoms with Crippen molar-refractivity contribution in [1.29, 1.82) is 0 Å². The first-order valence-corrected chi connectivity index (χ1v) is 9.86. The Morgan fingerprint density at radius 1 is 1.14 bits per heavy atom. The lowest BCUT2D eigenvalue weighted by molar-refractivity contribution is -0.137. The Labute approximate surface area is 164 Å². The standard InChI is InChI=1S/C21H27N3O4/c1-12-17(21(28)24-20(12)27)19(26)18(14-9-5-6-10-14)23-16(25)11-15(22)13-7-3-2-4-8-13/h2-4,7-8,12,14-15,17-18H,5-6,9-11,22H2,1H3,(H,23,25)(H,24,27,28)/t12-,15-,17+,18-/m0/s1. The van der Waals surface area contributed by atoms with E-state index in [1.807, 2.05) is 30.3 Å². The average Bonchev–Trinajstić information content (AvgIpc) is 3.28. The first kappa shape index (κ1) is 20.2. The molecular formula is C21H27N3O4. The molecule has 7 heteroatoms. The number of benzene rings is 1. The minimum Gasteiger partial charge on any atom is -0.346 e. The van der Waals surface area contributed by atoms with E-state index in [1.165, 1.54) is 0 Å². The van der Waals surface area contributed by atoms with Crippen molar-refractivity contribution >= 4 is 23.5 Å². The molecule has 28 heavy (non-hydrogen) atoms. The summed E-state index contributed by atoms with van der Waals surface area (Å²) in [5.41, 5.74) is 6.97. The molecule has 4 N–H and O–H groups in total. The van der Waals surface area contributed by atoms with Gasteiger partial charge in [-0.05, 0) is 24.3 Å². The van der Waals surface area contributed by atoms with E-state index >= 15 is 0 Å². The quantitative estimate of drug-likeness (QED) is 0.482. The second-order valence-electron chi connectivity index (χ2n) is 7.83. The summed E-state index contributed by atoms with van der Waals surface area (Å²) in [4.78, 5) is 49.7. The molecule has 0 unspecified atom stereocenters. The van der Waals surface area contributed by atoms with Crippen LogP contribution < -0.4 is 16.4 Å². The molecule has 1 aliphatic heterocycles. The number of amides is 3. The van der Waals surface area contributed by atoms with Crippen LogP contribution in [0.3, 0.4) is 0 Å². The maximum atomic E-state index is 13.1. The van der Waals surface area contributed by atoms with Gasteiger partial charge < -0.3 is 11.1 Å². The van der Waals surface area contributed by atoms with Crippen LogP contribution in [-0.2, 0) is 19.2 Å². The number of ketones is 1. The molecule has 150 valence electrons. The predicted molar refractivity (Wildman–Crippen MR) is 103 cm³/mol. The van der Waals surface area contributed by atoms with Gasteiger partial charge in [0.2, 0.25) is 17.7 Å². The minimum atomic E-state index is -1.04. The molecule has 0 aromatic heterocycles. The average molecular weight is 385 g/mol. The third-order valence-electron chi connectivity index (χ3n) is 5.88. The van der Waals surface area contributed by atoms with Gasteiger partial charge in [0, 0.05) is 12.5 Å². The van der Waals surface area contributed by atoms with Gasteiger partial charge in [0.1, 0.15) is 5.92 Å². The molecule has 1 aromatic rings. The van der Waals surface area contributed by atoms with Crippen LogP contribution >= 0.6 is 0 Å². The minimum absolute atomic E-state index is 0.0138. The summed E-state index contributed by atoms with van der Waals surface area (Å²) < 4.78 is 0. The van der Waals surface area contributed by atoms with Crippen LogP contribution in [0.4, 0.5) is 0 Å². The zero-order valence-electron chi connectivity index (χ0n) is 16.0. The SMILES string of the molecule is C[C@@H]1C(=O)NC(=O)[C@H]1C(=O)[C@@H](NC(=O)C[C@H](N)c1ccccc1)C1CCCC1. The maximum absolute atomic E-state index is 13.1. The van der Waals surface area contributed by atoms with Gasteiger partial charge in [-0.25, -0.2) is 0 Å². The van der Waals surface area contributed by atoms with Crippen LogP contribution in [-0.4, -0.2) is 29.5 Å². The topological polar surface area (TPSA) is 118 Å². The highest BCUT2D eigenvalue weighted by atomic mass is 16.2. The zero-order chi connectivity index (χ0) is 20.3. The zero-order valence-corrected chi connectivity index (χ0v) is 16.0. The van der Waals surface area contributed by atoms with Crippen LogP contribution in [0.15, 0.2) is 30.3 Å². The van der Waals surface area contributed by atoms with Gasteiger partial charge in [0.05, 0.1) is 12.0 Å². The molecule has 2 aliphatic rings. The number of hydrogen-bond donors (Lipinski definition) is 3. The van der Waals surface area contributed by atoms with Crippen LogP contribution in [0.25, 0.3) is 0 Å². The molecule has 1 aromatic carbocycles. The lowest BCUT2D eigenvalue weighted by Gasteiger charge is -2.26. The number of Topliss-reactive ketones (excluding diaryl/α,β-unsaturated/α-hetero) is 1. The van der Waals surface area contributed by atoms with Crippen molar-refractivity contribution < 1.29 is 19.2 Å². The lowest BCUT2D eigenvalue weighted by atomic mass is 9.83. The molecule has 4 atom stereocenters. The number of rotatable bonds is 7. The molecule has 0 radical (unpaired) electrons. The summed E-state index contributed by atoms with van der Waals surface area (Å²) in [6.45, 7) is 1.57. The number of nitrogens with one attached hydrogen (secondary N) is 2. The van der Waals surface area contributed by atoms with Gasteiger partial charge in [0.15, 0.2) is 5.78 Å². The molecule has 0 bridgehead atoms. The second-order valence-corrected chi connectivity index (χ2v) is 7.83. The van der Waals surface area contributed by atoms with E-state index in [1.54, 1.807) is 6.92 Å². The Morgan fingerprint density at radius 2 is 1.79 bits per heavy atom. The summed E-state index contributed by atoms with van der Waals surface area (Å²) in [6, 6.07) is 8.06. The largest absolute Gasteiger partial charge is 0.346 e. The molecule has 1 heterocycles. The fourth-order valence-corrected chi connectivity index (χ4v) is 4.22. The van der Waals surface area contributed by atoms with Crippen molar-refractivity contribution in [2.45, 2.75) is 51.1 Å². The van der Waals surface area contributed by atoms with Gasteiger partial charge >= 0.3 is 0 Å². The number of hydrogen-bond acceptors (Lipinski definition) is 5. The normalized spacial score (nSPS) is 24.6. The smallest absolute Gasteiger partial charge is 0.238 e. The Kier molecular flexibility index (Phi) is 6.24. The number of carbonyl (C=O) groups is 4. The highest BCUT2D eigenvalue weighted by Crippen LogP contribution is 2.32. The third kappa shape index (κ3) is 4.30. The van der Waals surface area contributed by atoms with E-state index in [9.17, 15) is 19.2 Å². The van der Waals surface area contributed by atoms with Gasteiger partial charge in [-0.2, -0.15) is 0 Å². The molecule has 1 saturated carbocycles. The van der Waals surface area contributed by atoms with E-state index < -0.39 is 35.7 Å². The fraction of sp³-hybridized carbons (Fsp3) is 0.524. The molecule has 2 fully saturated rings. The van der Waals surface area contributed by atoms with E-state index in [2.05, 4.69) is 10.6 Å². The summed E-state index contributed by atoms with van der Waals surface area (Å²) in [5.74, 6) is -3.47. The van der Waals surface area contributed by atoms with Crippen molar-refractivity contribution in [3.8, 4) is 0 Å². The number of imide groups is 1. The van der Waals surface area contributed by atoms with Crippen LogP contribution in [0, 0.1) is 17.8 Å². The maximum Gasteiger partial charge on any atom is 0.238 e. The lowest BCUT2D eigenvalue weighted by Crippen LogP contribution is -2.50. The molecular weight excluding hydrogens is 358 g/mol. The van der Waals surface area contributed by atoms with E-state index in [-0.39, 0.29) is 24.0 Å². The first-order chi connectivity index (χ1) is 13.4. The van der Waals surface area contributed by atoms with E-state index in [0.29, 0.717) is 0 Å². The van der Waals surface area contributed by atoms with Crippen molar-refractivity contribution in [1.82, 2.24) is 10.6 Å². The van der Waals surface area contributed by atoms with E-state index in [0.717, 1.165) is 31.2 Å². The second kappa shape index (κ2) is 8.65. The van der Waals surface area contributed by atoms with Crippen molar-refractivity contribution in [2.75, 3.05) is 0 Å². The van der Waals surface area contributed by atoms with Crippen LogP contribution in [0.1, 0.15) is 50.6 Å². The highest BCUT2D eigenvalue weighted by Gasteiger charge is 2.47. The number of nitrogens with two attached hydrogens (primary N) is 1. The molecule has 1 aliphatic carbocycles. The molecule has 3 amide bonds. The summed E-state index contributed by atoms with van der Waals surface area (Å²) in [7, 11) is 0. The summed E-state index contributed by atoms with van der Waals surface area (Å²) >= 11 is 0. The highest BCUT2D eigenvalue weighted by molar-refractivity contribution is 6.16. The van der Waals surface area contributed by atoms with Gasteiger partial charge in [0.25, 0.3) is 0 Å². The molecule has 1 saturated heterocycles. The first-order valence-electron chi connectivity index (χ1n) is 9.86. The van der Waals surface area contributed by atoms with Crippen LogP contribution in [0.2, 0.25) is 0 Å². The Balaban J connectivity index is 1.71. The molecule has 3 rings (SSSR count). The Bertz CT molecular complexity index is 758. The molecule has 0 spiro atoms. The summed E-state index contributed by atoms with van der Waals surface area (Å²) in [5, 5.41) is 5.05. The monoisotopic (exact) mass is 385 g/mol. The fourth-order valence-electron chi connectivity index (χ4n) is 4.22. The third-order valence-corrected chi connectivity index (χ3v) is 5.88. The Morgan fingerprint density at radius 3 is 2.36 bits per heavy atom. The molecule has 7 nitrogen and oxygen atoms in total. The number of carbonyl (C=O) groups excluding carboxylic acids is 4.